The van der Waals surface area contributed by atoms with E-state index >= 15 is 0 Å². The lowest BCUT2D eigenvalue weighted by Gasteiger charge is -2.33. The molecule has 1 saturated heterocycles. The number of rotatable bonds is 5. The van der Waals surface area contributed by atoms with Crippen molar-refractivity contribution < 1.29 is 14.4 Å². The second-order valence-electron chi connectivity index (χ2n) is 10.2. The van der Waals surface area contributed by atoms with Gasteiger partial charge < -0.3 is 10.6 Å². The normalized spacial score (nSPS) is 19.9. The lowest BCUT2D eigenvalue weighted by atomic mass is 9.82. The van der Waals surface area contributed by atoms with Gasteiger partial charge in [0.1, 0.15) is 12.1 Å². The molecule has 160 valence electrons. The van der Waals surface area contributed by atoms with Crippen molar-refractivity contribution in [2.75, 3.05) is 6.54 Å². The van der Waals surface area contributed by atoms with Gasteiger partial charge in [0.2, 0.25) is 5.91 Å². The average molecular weight is 410 g/mol. The van der Waals surface area contributed by atoms with Gasteiger partial charge >= 0.3 is 6.03 Å². The number of hydrogen-bond donors (Lipinski definition) is 2. The fourth-order valence-corrected chi connectivity index (χ4v) is 4.47. The maximum atomic E-state index is 13.2. The molecule has 0 aromatic heterocycles. The van der Waals surface area contributed by atoms with Crippen molar-refractivity contribution in [2.45, 2.75) is 59.0 Å². The van der Waals surface area contributed by atoms with E-state index in [9.17, 15) is 14.4 Å². The smallest absolute Gasteiger partial charge is 0.325 e. The van der Waals surface area contributed by atoms with Crippen molar-refractivity contribution in [2.24, 2.45) is 5.41 Å². The van der Waals surface area contributed by atoms with Gasteiger partial charge in [-0.15, -0.1) is 0 Å². The Kier molecular flexibility index (Phi) is 5.39. The molecular formula is C24H31N3O3. The lowest BCUT2D eigenvalue weighted by molar-refractivity contribution is -0.135. The fraction of sp³-hybridized carbons (Fsp3) is 0.458. The zero-order chi connectivity index (χ0) is 22.3. The lowest BCUT2D eigenvalue weighted by Crippen LogP contribution is -2.50. The first-order chi connectivity index (χ1) is 13.8. The Hall–Kier alpha value is -2.89. The molecule has 30 heavy (non-hydrogen) atoms. The number of hydrogen-bond acceptors (Lipinski definition) is 3. The predicted molar refractivity (Wildman–Crippen MR) is 118 cm³/mol. The first kappa shape index (κ1) is 21.8. The summed E-state index contributed by atoms with van der Waals surface area (Å²) < 4.78 is 0. The fourth-order valence-electron chi connectivity index (χ4n) is 4.47. The van der Waals surface area contributed by atoms with Crippen molar-refractivity contribution in [3.05, 3.63) is 48.0 Å². The molecule has 2 aromatic rings. The van der Waals surface area contributed by atoms with Gasteiger partial charge in [-0.2, -0.15) is 0 Å². The number of fused-ring (bicyclic) bond motifs is 1. The summed E-state index contributed by atoms with van der Waals surface area (Å²) in [6.45, 7) is 11.6. The predicted octanol–water partition coefficient (Wildman–Crippen LogP) is 3.94. The molecule has 6 nitrogen and oxygen atoms in total. The van der Waals surface area contributed by atoms with Gasteiger partial charge in [0.05, 0.1) is 0 Å². The molecule has 4 amide bonds. The molecule has 2 aromatic carbocycles. The molecule has 0 bridgehead atoms. The molecule has 0 radical (unpaired) electrons. The zero-order valence-corrected chi connectivity index (χ0v) is 18.6. The zero-order valence-electron chi connectivity index (χ0n) is 18.6. The molecule has 1 aliphatic heterocycles. The van der Waals surface area contributed by atoms with Crippen LogP contribution in [0.25, 0.3) is 10.8 Å². The van der Waals surface area contributed by atoms with Gasteiger partial charge in [0, 0.05) is 5.54 Å². The SMILES string of the molecule is CC(C)(C)CC(C)(C)NC(=O)CN1C(=O)NC(C)(c2ccc3ccccc3c2)C1=O. The van der Waals surface area contributed by atoms with E-state index in [-0.39, 0.29) is 17.9 Å². The van der Waals surface area contributed by atoms with Crippen LogP contribution in [0.2, 0.25) is 0 Å². The Labute approximate surface area is 178 Å². The maximum absolute atomic E-state index is 13.2. The van der Waals surface area contributed by atoms with Crippen molar-refractivity contribution in [3.63, 3.8) is 0 Å². The Morgan fingerprint density at radius 2 is 1.67 bits per heavy atom. The summed E-state index contributed by atoms with van der Waals surface area (Å²) in [5.74, 6) is -0.776. The second kappa shape index (κ2) is 7.42. The summed E-state index contributed by atoms with van der Waals surface area (Å²) >= 11 is 0. The van der Waals surface area contributed by atoms with E-state index in [1.54, 1.807) is 6.92 Å². The minimum atomic E-state index is -1.21. The van der Waals surface area contributed by atoms with Crippen LogP contribution in [0.3, 0.4) is 0 Å². The Morgan fingerprint density at radius 3 is 2.30 bits per heavy atom. The average Bonchev–Trinajstić information content (AvgIpc) is 2.83. The largest absolute Gasteiger partial charge is 0.350 e. The van der Waals surface area contributed by atoms with Crippen molar-refractivity contribution >= 4 is 28.6 Å². The topological polar surface area (TPSA) is 78.5 Å². The second-order valence-corrected chi connectivity index (χ2v) is 10.2. The van der Waals surface area contributed by atoms with Gasteiger partial charge in [0.15, 0.2) is 0 Å². The van der Waals surface area contributed by atoms with Gasteiger partial charge in [-0.3, -0.25) is 14.5 Å². The molecule has 0 saturated carbocycles. The molecule has 0 aliphatic carbocycles. The summed E-state index contributed by atoms with van der Waals surface area (Å²) in [6, 6.07) is 13.0. The van der Waals surface area contributed by atoms with E-state index in [4.69, 9.17) is 0 Å². The van der Waals surface area contributed by atoms with Gasteiger partial charge in [-0.05, 0) is 55.0 Å². The Morgan fingerprint density at radius 1 is 1.03 bits per heavy atom. The number of carbonyl (C=O) groups excluding carboxylic acids is 3. The van der Waals surface area contributed by atoms with E-state index in [1.807, 2.05) is 56.3 Å². The molecule has 1 unspecified atom stereocenters. The van der Waals surface area contributed by atoms with E-state index in [0.29, 0.717) is 5.56 Å². The number of carbonyl (C=O) groups is 3. The van der Waals surface area contributed by atoms with Crippen molar-refractivity contribution in [3.8, 4) is 0 Å². The first-order valence-corrected chi connectivity index (χ1v) is 10.3. The highest BCUT2D eigenvalue weighted by atomic mass is 16.2. The number of nitrogens with zero attached hydrogens (tertiary/aromatic N) is 1. The first-order valence-electron chi connectivity index (χ1n) is 10.3. The van der Waals surface area contributed by atoms with Crippen LogP contribution in [0.1, 0.15) is 53.5 Å². The van der Waals surface area contributed by atoms with Crippen LogP contribution in [-0.4, -0.2) is 34.8 Å². The molecular weight excluding hydrogens is 378 g/mol. The van der Waals surface area contributed by atoms with Crippen LogP contribution in [-0.2, 0) is 15.1 Å². The molecule has 1 atom stereocenters. The van der Waals surface area contributed by atoms with Gasteiger partial charge in [-0.1, -0.05) is 57.2 Å². The van der Waals surface area contributed by atoms with Crippen LogP contribution < -0.4 is 10.6 Å². The number of amides is 4. The summed E-state index contributed by atoms with van der Waals surface area (Å²) in [7, 11) is 0. The van der Waals surface area contributed by atoms with Crippen molar-refractivity contribution in [1.29, 1.82) is 0 Å². The third kappa shape index (κ3) is 4.48. The van der Waals surface area contributed by atoms with Crippen LogP contribution >= 0.6 is 0 Å². The third-order valence-corrected chi connectivity index (χ3v) is 5.35. The number of urea groups is 1. The van der Waals surface area contributed by atoms with Gasteiger partial charge in [0.25, 0.3) is 5.91 Å². The van der Waals surface area contributed by atoms with Crippen molar-refractivity contribution in [1.82, 2.24) is 15.5 Å². The number of imide groups is 1. The van der Waals surface area contributed by atoms with Crippen LogP contribution in [0.4, 0.5) is 4.79 Å². The molecule has 2 N–H and O–H groups in total. The van der Waals surface area contributed by atoms with E-state index in [1.165, 1.54) is 0 Å². The highest BCUT2D eigenvalue weighted by Crippen LogP contribution is 2.31. The molecule has 1 fully saturated rings. The highest BCUT2D eigenvalue weighted by Gasteiger charge is 2.49. The minimum absolute atomic E-state index is 0.0340. The van der Waals surface area contributed by atoms with Crippen LogP contribution in [0.5, 0.6) is 0 Å². The number of benzene rings is 2. The molecule has 6 heteroatoms. The summed E-state index contributed by atoms with van der Waals surface area (Å²) in [5.41, 5.74) is -0.930. The summed E-state index contributed by atoms with van der Waals surface area (Å²) in [6.07, 6.45) is 0.765. The Bertz CT molecular complexity index is 1010. The quantitative estimate of drug-likeness (QED) is 0.734. The van der Waals surface area contributed by atoms with E-state index in [2.05, 4.69) is 31.4 Å². The maximum Gasteiger partial charge on any atom is 0.325 e. The third-order valence-electron chi connectivity index (χ3n) is 5.35. The summed E-state index contributed by atoms with van der Waals surface area (Å²) in [4.78, 5) is 39.4. The van der Waals surface area contributed by atoms with E-state index in [0.717, 1.165) is 22.1 Å². The van der Waals surface area contributed by atoms with Crippen LogP contribution in [0, 0.1) is 5.41 Å². The molecule has 0 spiro atoms. The Balaban J connectivity index is 1.77. The van der Waals surface area contributed by atoms with Crippen LogP contribution in [0.15, 0.2) is 42.5 Å². The molecule has 1 aliphatic rings. The molecule has 1 heterocycles. The van der Waals surface area contributed by atoms with E-state index < -0.39 is 23.0 Å². The molecule has 3 rings (SSSR count). The van der Waals surface area contributed by atoms with Gasteiger partial charge in [-0.25, -0.2) is 4.79 Å². The standard InChI is InChI=1S/C24H31N3O3/c1-22(2,3)15-23(4,5)25-19(28)14-27-20(29)24(6,26-21(27)30)18-12-11-16-9-7-8-10-17(16)13-18/h7-13H,14-15H2,1-6H3,(H,25,28)(H,26,30). The summed E-state index contributed by atoms with van der Waals surface area (Å²) in [5, 5.41) is 7.77. The highest BCUT2D eigenvalue weighted by molar-refractivity contribution is 6.09. The monoisotopic (exact) mass is 409 g/mol. The number of nitrogens with one attached hydrogen (secondary N) is 2. The minimum Gasteiger partial charge on any atom is -0.350 e.